The molecular weight excluding hydrogens is 415 g/mol. The second kappa shape index (κ2) is 7.74. The molecule has 4 aromatic rings. The fourth-order valence-corrected chi connectivity index (χ4v) is 4.77. The fourth-order valence-electron chi connectivity index (χ4n) is 2.93. The third-order valence-electron chi connectivity index (χ3n) is 4.23. The highest BCUT2D eigenvalue weighted by molar-refractivity contribution is 7.21. The molecule has 4 rings (SSSR count). The minimum atomic E-state index is -0.567. The van der Waals surface area contributed by atoms with E-state index in [4.69, 9.17) is 10.5 Å². The molecule has 7 nitrogen and oxygen atoms in total. The Kier molecular flexibility index (Phi) is 5.14. The van der Waals surface area contributed by atoms with Crippen molar-refractivity contribution in [3.05, 3.63) is 57.8 Å². The summed E-state index contributed by atoms with van der Waals surface area (Å²) in [5.41, 5.74) is 7.30. The summed E-state index contributed by atoms with van der Waals surface area (Å²) in [6.07, 6.45) is 1.62. The summed E-state index contributed by atoms with van der Waals surface area (Å²) in [5.74, 6) is -1.34. The van der Waals surface area contributed by atoms with E-state index < -0.39 is 5.91 Å². The van der Waals surface area contributed by atoms with Crippen molar-refractivity contribution in [1.29, 1.82) is 0 Å². The van der Waals surface area contributed by atoms with Crippen molar-refractivity contribution in [2.75, 3.05) is 12.4 Å². The Hall–Kier alpha value is -3.08. The molecule has 1 aromatic carbocycles. The quantitative estimate of drug-likeness (QED) is 0.430. The van der Waals surface area contributed by atoms with Gasteiger partial charge in [0.2, 0.25) is 0 Å². The maximum Gasteiger partial charge on any atom is 0.267 e. The van der Waals surface area contributed by atoms with E-state index in [0.717, 1.165) is 0 Å². The number of benzene rings is 1. The summed E-state index contributed by atoms with van der Waals surface area (Å²) in [6.45, 7) is 0.117. The Morgan fingerprint density at radius 3 is 2.93 bits per heavy atom. The second-order valence-corrected chi connectivity index (χ2v) is 8.02. The zero-order valence-electron chi connectivity index (χ0n) is 15.1. The molecule has 0 bridgehead atoms. The number of halogens is 1. The smallest absolute Gasteiger partial charge is 0.267 e. The van der Waals surface area contributed by atoms with Gasteiger partial charge in [-0.05, 0) is 18.2 Å². The van der Waals surface area contributed by atoms with Gasteiger partial charge in [-0.1, -0.05) is 6.07 Å². The molecule has 4 N–H and O–H groups in total. The van der Waals surface area contributed by atoms with Crippen LogP contribution in [-0.4, -0.2) is 28.9 Å². The number of carbonyl (C=O) groups excluding carboxylic acids is 2. The summed E-state index contributed by atoms with van der Waals surface area (Å²) >= 11 is 2.44. The largest absolute Gasteiger partial charge is 0.380 e. The van der Waals surface area contributed by atoms with Gasteiger partial charge in [0.25, 0.3) is 11.8 Å². The first-order valence-electron chi connectivity index (χ1n) is 8.42. The van der Waals surface area contributed by atoms with Crippen LogP contribution in [0.3, 0.4) is 0 Å². The number of hydrogen-bond donors (Lipinski definition) is 3. The lowest BCUT2D eigenvalue weighted by atomic mass is 10.1. The lowest BCUT2D eigenvalue weighted by Crippen LogP contribution is -2.12. The molecular formula is C19H15FN4O3S2. The fraction of sp³-hybridized carbons (Fsp3) is 0.105. The number of thiazole rings is 1. The molecule has 0 saturated carbocycles. The van der Waals surface area contributed by atoms with E-state index >= 15 is 0 Å². The van der Waals surface area contributed by atoms with E-state index in [2.05, 4.69) is 15.3 Å². The summed E-state index contributed by atoms with van der Waals surface area (Å²) in [5, 5.41) is 5.29. The Morgan fingerprint density at radius 2 is 2.21 bits per heavy atom. The number of methoxy groups -OCH3 is 1. The van der Waals surface area contributed by atoms with E-state index in [1.54, 1.807) is 29.8 Å². The zero-order valence-corrected chi connectivity index (χ0v) is 16.7. The molecule has 0 fully saturated rings. The predicted octanol–water partition coefficient (Wildman–Crippen LogP) is 3.99. The number of anilines is 1. The van der Waals surface area contributed by atoms with E-state index in [1.165, 1.54) is 35.8 Å². The molecule has 0 spiro atoms. The number of nitrogens with zero attached hydrogens (tertiary/aromatic N) is 1. The van der Waals surface area contributed by atoms with Crippen LogP contribution < -0.4 is 11.1 Å². The normalized spacial score (nSPS) is 11.1. The first-order valence-corrected chi connectivity index (χ1v) is 10.1. The molecule has 148 valence electrons. The van der Waals surface area contributed by atoms with Crippen LogP contribution >= 0.6 is 22.7 Å². The molecule has 10 heteroatoms. The van der Waals surface area contributed by atoms with Gasteiger partial charge in [-0.15, -0.1) is 22.7 Å². The van der Waals surface area contributed by atoms with Crippen LogP contribution in [-0.2, 0) is 11.3 Å². The van der Waals surface area contributed by atoms with Crippen LogP contribution in [0, 0.1) is 5.82 Å². The van der Waals surface area contributed by atoms with Crippen LogP contribution in [0.4, 0.5) is 9.52 Å². The maximum atomic E-state index is 14.3. The minimum absolute atomic E-state index is 0.117. The number of ether oxygens (including phenoxy) is 1. The van der Waals surface area contributed by atoms with Crippen LogP contribution in [0.5, 0.6) is 0 Å². The first kappa shape index (κ1) is 19.2. The molecule has 3 aromatic heterocycles. The average Bonchev–Trinajstić information content (AvgIpc) is 3.40. The first-order chi connectivity index (χ1) is 14.0. The number of primary amides is 1. The van der Waals surface area contributed by atoms with Gasteiger partial charge in [-0.25, -0.2) is 9.37 Å². The number of hydrogen-bond acceptors (Lipinski definition) is 6. The predicted molar refractivity (Wildman–Crippen MR) is 111 cm³/mol. The van der Waals surface area contributed by atoms with Crippen LogP contribution in [0.2, 0.25) is 0 Å². The Labute approximate surface area is 172 Å². The molecule has 0 radical (unpaired) electrons. The number of aromatic amines is 1. The molecule has 0 atom stereocenters. The Balaban J connectivity index is 1.62. The molecule has 0 aliphatic carbocycles. The minimum Gasteiger partial charge on any atom is -0.380 e. The summed E-state index contributed by atoms with van der Waals surface area (Å²) in [4.78, 5) is 31.6. The maximum absolute atomic E-state index is 14.3. The van der Waals surface area contributed by atoms with E-state index in [9.17, 15) is 14.0 Å². The van der Waals surface area contributed by atoms with Gasteiger partial charge in [0, 0.05) is 39.9 Å². The number of fused-ring (bicyclic) bond motifs is 1. The van der Waals surface area contributed by atoms with Gasteiger partial charge in [-0.2, -0.15) is 0 Å². The number of aromatic nitrogens is 2. The van der Waals surface area contributed by atoms with Crippen molar-refractivity contribution < 1.29 is 18.7 Å². The van der Waals surface area contributed by atoms with Crippen LogP contribution in [0.25, 0.3) is 21.3 Å². The molecule has 0 saturated heterocycles. The highest BCUT2D eigenvalue weighted by Crippen LogP contribution is 2.34. The summed E-state index contributed by atoms with van der Waals surface area (Å²) < 4.78 is 20.2. The number of H-pyrrole nitrogens is 1. The van der Waals surface area contributed by atoms with Crippen molar-refractivity contribution in [3.63, 3.8) is 0 Å². The topological polar surface area (TPSA) is 110 Å². The molecule has 2 amide bonds. The number of rotatable bonds is 6. The number of carbonyl (C=O) groups is 2. The third kappa shape index (κ3) is 3.65. The van der Waals surface area contributed by atoms with E-state index in [-0.39, 0.29) is 24.0 Å². The van der Waals surface area contributed by atoms with E-state index in [1.807, 2.05) is 0 Å². The summed E-state index contributed by atoms with van der Waals surface area (Å²) in [7, 11) is 1.50. The number of amides is 2. The van der Waals surface area contributed by atoms with Crippen molar-refractivity contribution >= 4 is 49.7 Å². The lowest BCUT2D eigenvalue weighted by molar-refractivity contribution is 0.0994. The zero-order chi connectivity index (χ0) is 20.5. The van der Waals surface area contributed by atoms with Gasteiger partial charge >= 0.3 is 0 Å². The van der Waals surface area contributed by atoms with Crippen molar-refractivity contribution in [2.24, 2.45) is 5.73 Å². The number of thiophene rings is 1. The van der Waals surface area contributed by atoms with Gasteiger partial charge in [-0.3, -0.25) is 14.9 Å². The van der Waals surface area contributed by atoms with E-state index in [0.29, 0.717) is 36.9 Å². The molecule has 3 heterocycles. The van der Waals surface area contributed by atoms with Gasteiger partial charge in [0.1, 0.15) is 11.5 Å². The third-order valence-corrected chi connectivity index (χ3v) is 6.18. The summed E-state index contributed by atoms with van der Waals surface area (Å²) in [6, 6.07) is 6.33. The van der Waals surface area contributed by atoms with Crippen molar-refractivity contribution in [1.82, 2.24) is 9.97 Å². The van der Waals surface area contributed by atoms with Crippen molar-refractivity contribution in [2.45, 2.75) is 6.61 Å². The van der Waals surface area contributed by atoms with Crippen molar-refractivity contribution in [3.8, 4) is 11.3 Å². The van der Waals surface area contributed by atoms with Crippen LogP contribution in [0.15, 0.2) is 35.8 Å². The number of nitrogens with one attached hydrogen (secondary N) is 2. The molecule has 0 aliphatic heterocycles. The standard InChI is InChI=1S/C19H15FN4O3S2/c1-27-7-10-15-11(20)3-2-4-14(15)29-16(10)18(26)24-19-23-13(8-28-19)9-5-12(17(21)25)22-6-9/h2-6,8,22H,7H2,1H3,(H2,21,25)(H,23,24,26). The molecule has 0 unspecified atom stereocenters. The Morgan fingerprint density at radius 1 is 1.38 bits per heavy atom. The second-order valence-electron chi connectivity index (χ2n) is 6.11. The van der Waals surface area contributed by atoms with Crippen LogP contribution in [0.1, 0.15) is 25.7 Å². The highest BCUT2D eigenvalue weighted by Gasteiger charge is 2.21. The SMILES string of the molecule is COCc1c(C(=O)Nc2nc(-c3c[nH]c(C(N)=O)c3)cs2)sc2cccc(F)c12. The highest BCUT2D eigenvalue weighted by atomic mass is 32.1. The Bertz CT molecular complexity index is 1230. The van der Waals surface area contributed by atoms with Gasteiger partial charge < -0.3 is 15.5 Å². The molecule has 0 aliphatic rings. The lowest BCUT2D eigenvalue weighted by Gasteiger charge is -2.04. The average molecular weight is 430 g/mol. The number of nitrogens with two attached hydrogens (primary N) is 1. The molecule has 29 heavy (non-hydrogen) atoms. The van der Waals surface area contributed by atoms with Gasteiger partial charge in [0.05, 0.1) is 17.2 Å². The van der Waals surface area contributed by atoms with Gasteiger partial charge in [0.15, 0.2) is 5.13 Å². The monoisotopic (exact) mass is 430 g/mol.